The van der Waals surface area contributed by atoms with E-state index in [2.05, 4.69) is 4.98 Å². The largest absolute Gasteiger partial charge is 0.477 e. The number of ether oxygens (including phenoxy) is 1. The summed E-state index contributed by atoms with van der Waals surface area (Å²) in [6.07, 6.45) is 0.924. The summed E-state index contributed by atoms with van der Waals surface area (Å²) in [5, 5.41) is 9.01. The minimum Gasteiger partial charge on any atom is -0.477 e. The van der Waals surface area contributed by atoms with Gasteiger partial charge in [0.25, 0.3) is 0 Å². The van der Waals surface area contributed by atoms with E-state index >= 15 is 0 Å². The number of aromatic nitrogens is 1. The van der Waals surface area contributed by atoms with E-state index in [-0.39, 0.29) is 11.4 Å². The maximum atomic E-state index is 13.0. The molecule has 0 aliphatic heterocycles. The highest BCUT2D eigenvalue weighted by Crippen LogP contribution is 2.28. The molecule has 0 fully saturated rings. The number of hydrogen-bond acceptors (Lipinski definition) is 3. The van der Waals surface area contributed by atoms with Crippen molar-refractivity contribution in [3.05, 3.63) is 53.0 Å². The third-order valence-electron chi connectivity index (χ3n) is 2.81. The Labute approximate surface area is 109 Å². The van der Waals surface area contributed by atoms with Gasteiger partial charge in [0.15, 0.2) is 0 Å². The number of pyridine rings is 1. The van der Waals surface area contributed by atoms with Crippen molar-refractivity contribution in [3.8, 4) is 11.6 Å². The van der Waals surface area contributed by atoms with Gasteiger partial charge in [-0.25, -0.2) is 14.2 Å². The molecule has 1 N–H and O–H groups in total. The highest BCUT2D eigenvalue weighted by atomic mass is 19.1. The van der Waals surface area contributed by atoms with Crippen LogP contribution in [0.25, 0.3) is 0 Å². The number of carbonyl (C=O) groups is 1. The fourth-order valence-corrected chi connectivity index (χ4v) is 1.60. The highest BCUT2D eigenvalue weighted by molar-refractivity contribution is 5.90. The van der Waals surface area contributed by atoms with E-state index < -0.39 is 11.8 Å². The third kappa shape index (κ3) is 2.70. The van der Waals surface area contributed by atoms with Crippen molar-refractivity contribution >= 4 is 5.97 Å². The number of rotatable bonds is 3. The molecule has 5 heteroatoms. The maximum Gasteiger partial charge on any atom is 0.341 e. The first kappa shape index (κ1) is 13.0. The van der Waals surface area contributed by atoms with Crippen LogP contribution >= 0.6 is 0 Å². The van der Waals surface area contributed by atoms with Gasteiger partial charge < -0.3 is 9.84 Å². The lowest BCUT2D eigenvalue weighted by atomic mass is 10.1. The second-order valence-corrected chi connectivity index (χ2v) is 4.11. The monoisotopic (exact) mass is 261 g/mol. The van der Waals surface area contributed by atoms with Crippen molar-refractivity contribution in [2.75, 3.05) is 0 Å². The molecule has 0 bridgehead atoms. The molecule has 0 saturated heterocycles. The first-order chi connectivity index (χ1) is 8.99. The predicted octanol–water partition coefficient (Wildman–Crippen LogP) is 3.33. The average Bonchev–Trinajstić information content (AvgIpc) is 2.36. The molecule has 19 heavy (non-hydrogen) atoms. The van der Waals surface area contributed by atoms with Crippen LogP contribution in [-0.4, -0.2) is 16.1 Å². The van der Waals surface area contributed by atoms with Crippen molar-refractivity contribution in [2.45, 2.75) is 13.8 Å². The Bertz CT molecular complexity index is 641. The predicted molar refractivity (Wildman–Crippen MR) is 67.1 cm³/mol. The van der Waals surface area contributed by atoms with Crippen molar-refractivity contribution in [2.24, 2.45) is 0 Å². The number of benzene rings is 1. The first-order valence-corrected chi connectivity index (χ1v) is 5.62. The molecule has 1 aromatic carbocycles. The van der Waals surface area contributed by atoms with Gasteiger partial charge in [0.2, 0.25) is 5.88 Å². The SMILES string of the molecule is Cc1cccc(Oc2ncc(F)cc2C(=O)O)c1C. The van der Waals surface area contributed by atoms with E-state index in [0.717, 1.165) is 23.4 Å². The van der Waals surface area contributed by atoms with Crippen molar-refractivity contribution in [3.63, 3.8) is 0 Å². The van der Waals surface area contributed by atoms with E-state index in [0.29, 0.717) is 5.75 Å². The minimum atomic E-state index is -1.28. The summed E-state index contributed by atoms with van der Waals surface area (Å²) in [7, 11) is 0. The summed E-state index contributed by atoms with van der Waals surface area (Å²) in [6.45, 7) is 3.77. The van der Waals surface area contributed by atoms with Crippen LogP contribution in [0.15, 0.2) is 30.5 Å². The van der Waals surface area contributed by atoms with Gasteiger partial charge in [-0.15, -0.1) is 0 Å². The van der Waals surface area contributed by atoms with E-state index in [1.807, 2.05) is 19.9 Å². The van der Waals surface area contributed by atoms with Crippen LogP contribution < -0.4 is 4.74 Å². The maximum absolute atomic E-state index is 13.0. The van der Waals surface area contributed by atoms with Crippen LogP contribution in [-0.2, 0) is 0 Å². The summed E-state index contributed by atoms with van der Waals surface area (Å²) in [6, 6.07) is 6.30. The molecule has 0 radical (unpaired) electrons. The zero-order chi connectivity index (χ0) is 14.0. The van der Waals surface area contributed by atoms with Crippen molar-refractivity contribution < 1.29 is 19.0 Å². The van der Waals surface area contributed by atoms with Crippen LogP contribution in [0.4, 0.5) is 4.39 Å². The number of carboxylic acid groups (broad SMARTS) is 1. The molecule has 0 spiro atoms. The lowest BCUT2D eigenvalue weighted by Gasteiger charge is -2.11. The molecule has 0 amide bonds. The Morgan fingerprint density at radius 3 is 2.79 bits per heavy atom. The number of carboxylic acids is 1. The lowest BCUT2D eigenvalue weighted by molar-refractivity contribution is 0.0692. The second kappa shape index (κ2) is 5.06. The van der Waals surface area contributed by atoms with Crippen molar-refractivity contribution in [1.82, 2.24) is 4.98 Å². The molecule has 0 unspecified atom stereocenters. The molecule has 0 aliphatic rings. The Balaban J connectivity index is 2.44. The van der Waals surface area contributed by atoms with Gasteiger partial charge in [0, 0.05) is 0 Å². The van der Waals surface area contributed by atoms with Crippen LogP contribution in [0, 0.1) is 19.7 Å². The second-order valence-electron chi connectivity index (χ2n) is 4.11. The van der Waals surface area contributed by atoms with Gasteiger partial charge in [-0.05, 0) is 37.1 Å². The standard InChI is InChI=1S/C14H12FNO3/c1-8-4-3-5-12(9(8)2)19-13-11(14(17)18)6-10(15)7-16-13/h3-7H,1-2H3,(H,17,18). The topological polar surface area (TPSA) is 59.4 Å². The molecular weight excluding hydrogens is 249 g/mol. The third-order valence-corrected chi connectivity index (χ3v) is 2.81. The van der Waals surface area contributed by atoms with Crippen LogP contribution in [0.1, 0.15) is 21.5 Å². The molecule has 0 atom stereocenters. The Morgan fingerprint density at radius 2 is 2.11 bits per heavy atom. The summed E-state index contributed by atoms with van der Waals surface area (Å²) in [5.74, 6) is -1.62. The molecule has 1 heterocycles. The summed E-state index contributed by atoms with van der Waals surface area (Å²) in [5.41, 5.74) is 1.59. The molecule has 2 rings (SSSR count). The van der Waals surface area contributed by atoms with Gasteiger partial charge in [-0.1, -0.05) is 12.1 Å². The summed E-state index contributed by atoms with van der Waals surface area (Å²) < 4.78 is 18.5. The van der Waals surface area contributed by atoms with E-state index in [1.54, 1.807) is 12.1 Å². The average molecular weight is 261 g/mol. The van der Waals surface area contributed by atoms with E-state index in [9.17, 15) is 9.18 Å². The van der Waals surface area contributed by atoms with Crippen LogP contribution in [0.2, 0.25) is 0 Å². The Hall–Kier alpha value is -2.43. The van der Waals surface area contributed by atoms with E-state index in [1.165, 1.54) is 0 Å². The normalized spacial score (nSPS) is 10.3. The molecule has 0 saturated carbocycles. The lowest BCUT2D eigenvalue weighted by Crippen LogP contribution is -2.03. The minimum absolute atomic E-state index is 0.123. The van der Waals surface area contributed by atoms with Crippen LogP contribution in [0.5, 0.6) is 11.6 Å². The van der Waals surface area contributed by atoms with Gasteiger partial charge in [-0.2, -0.15) is 0 Å². The summed E-state index contributed by atoms with van der Waals surface area (Å²) >= 11 is 0. The van der Waals surface area contributed by atoms with Crippen LogP contribution in [0.3, 0.4) is 0 Å². The molecule has 1 aromatic heterocycles. The van der Waals surface area contributed by atoms with Gasteiger partial charge >= 0.3 is 5.97 Å². The van der Waals surface area contributed by atoms with Crippen molar-refractivity contribution in [1.29, 1.82) is 0 Å². The number of nitrogens with zero attached hydrogens (tertiary/aromatic N) is 1. The first-order valence-electron chi connectivity index (χ1n) is 5.62. The van der Waals surface area contributed by atoms with Gasteiger partial charge in [0.05, 0.1) is 6.20 Å². The Kier molecular flexibility index (Phi) is 3.46. The molecule has 2 aromatic rings. The highest BCUT2D eigenvalue weighted by Gasteiger charge is 2.16. The zero-order valence-corrected chi connectivity index (χ0v) is 10.5. The fourth-order valence-electron chi connectivity index (χ4n) is 1.60. The smallest absolute Gasteiger partial charge is 0.341 e. The molecule has 0 aliphatic carbocycles. The quantitative estimate of drug-likeness (QED) is 0.920. The molecule has 98 valence electrons. The van der Waals surface area contributed by atoms with Gasteiger partial charge in [-0.3, -0.25) is 0 Å². The fraction of sp³-hybridized carbons (Fsp3) is 0.143. The molecular formula is C14H12FNO3. The molecule has 4 nitrogen and oxygen atoms in total. The Morgan fingerprint density at radius 1 is 1.37 bits per heavy atom. The zero-order valence-electron chi connectivity index (χ0n) is 10.5. The summed E-state index contributed by atoms with van der Waals surface area (Å²) in [4.78, 5) is 14.7. The van der Waals surface area contributed by atoms with E-state index in [4.69, 9.17) is 9.84 Å². The number of hydrogen-bond donors (Lipinski definition) is 1. The number of aryl methyl sites for hydroxylation is 1. The van der Waals surface area contributed by atoms with Gasteiger partial charge in [0.1, 0.15) is 17.1 Å². The number of halogens is 1. The number of aromatic carboxylic acids is 1.